The summed E-state index contributed by atoms with van der Waals surface area (Å²) in [6.07, 6.45) is 10.0. The number of hydrogen-bond acceptors (Lipinski definition) is 7. The zero-order valence-electron chi connectivity index (χ0n) is 21.7. The minimum atomic E-state index is -0.295. The quantitative estimate of drug-likeness (QED) is 0.506. The maximum Gasteiger partial charge on any atom is 0.248 e. The van der Waals surface area contributed by atoms with Crippen LogP contribution in [0, 0.1) is 17.8 Å². The van der Waals surface area contributed by atoms with Crippen LogP contribution in [-0.2, 0) is 19.1 Å². The summed E-state index contributed by atoms with van der Waals surface area (Å²) in [5.74, 6) is 0.718. The van der Waals surface area contributed by atoms with E-state index in [1.807, 2.05) is 18.5 Å². The summed E-state index contributed by atoms with van der Waals surface area (Å²) >= 11 is 6.61. The number of piperidine rings is 1. The van der Waals surface area contributed by atoms with E-state index >= 15 is 0 Å². The smallest absolute Gasteiger partial charge is 0.248 e. The fraction of sp³-hybridized carbons (Fsp3) is 0.630. The largest absolute Gasteiger partial charge is 0.381 e. The van der Waals surface area contributed by atoms with Gasteiger partial charge in [0, 0.05) is 69.5 Å². The minimum absolute atomic E-state index is 0.0253. The number of aromatic nitrogens is 1. The Balaban J connectivity index is 1.43. The molecule has 2 saturated heterocycles. The molecule has 0 bridgehead atoms. The Morgan fingerprint density at radius 3 is 2.84 bits per heavy atom. The summed E-state index contributed by atoms with van der Waals surface area (Å²) in [6, 6.07) is 1.94. The molecule has 10 heteroatoms. The van der Waals surface area contributed by atoms with Gasteiger partial charge in [-0.1, -0.05) is 18.5 Å². The van der Waals surface area contributed by atoms with Gasteiger partial charge in [-0.15, -0.1) is 0 Å². The Hall–Kier alpha value is -2.33. The van der Waals surface area contributed by atoms with Gasteiger partial charge < -0.3 is 25.0 Å². The van der Waals surface area contributed by atoms with Crippen LogP contribution in [0.3, 0.4) is 0 Å². The number of halogens is 1. The van der Waals surface area contributed by atoms with Gasteiger partial charge in [0.2, 0.25) is 11.8 Å². The predicted octanol–water partition coefficient (Wildman–Crippen LogP) is 3.39. The van der Waals surface area contributed by atoms with Crippen LogP contribution >= 0.6 is 11.6 Å². The predicted molar refractivity (Wildman–Crippen MR) is 145 cm³/mol. The van der Waals surface area contributed by atoms with Crippen LogP contribution in [0.2, 0.25) is 5.02 Å². The van der Waals surface area contributed by atoms with Crippen molar-refractivity contribution in [3.8, 4) is 0 Å². The Kier molecular flexibility index (Phi) is 10.1. The molecule has 37 heavy (non-hydrogen) atoms. The lowest BCUT2D eigenvalue weighted by Crippen LogP contribution is -2.45. The lowest BCUT2D eigenvalue weighted by atomic mass is 9.84. The third-order valence-electron chi connectivity index (χ3n) is 7.55. The van der Waals surface area contributed by atoms with Gasteiger partial charge in [-0.25, -0.2) is 4.98 Å². The molecule has 2 N–H and O–H groups in total. The topological polar surface area (TPSA) is 105 Å². The molecular formula is C27H38ClN5O4. The van der Waals surface area contributed by atoms with Gasteiger partial charge >= 0.3 is 0 Å². The number of nitrogens with one attached hydrogen (secondary N) is 2. The molecule has 2 amide bonds. The minimum Gasteiger partial charge on any atom is -0.381 e. The molecule has 3 aliphatic rings. The van der Waals surface area contributed by atoms with Crippen molar-refractivity contribution in [1.82, 2.24) is 15.2 Å². The van der Waals surface area contributed by atoms with E-state index in [4.69, 9.17) is 21.1 Å². The maximum atomic E-state index is 13.1. The van der Waals surface area contributed by atoms with Gasteiger partial charge in [0.25, 0.3) is 0 Å². The number of likely N-dealkylation sites (tertiary alicyclic amines) is 1. The van der Waals surface area contributed by atoms with E-state index in [0.717, 1.165) is 63.0 Å². The first-order chi connectivity index (χ1) is 18.0. The van der Waals surface area contributed by atoms with E-state index in [0.29, 0.717) is 29.8 Å². The number of anilines is 1. The standard InChI is InChI=1S/C27H38ClN5O4/c1-3-20-22(13-29-15-24(20)30-12-18-6-9-37-10-7-18)21-11-25(31-14-23(21)28)32-27(35)19-5-4-8-33(16-19)26(34)17-36-2/h11,13-15,18-20,24,30H,3-10,12,16-17H2,1-2H3,(H,31,32,35). The van der Waals surface area contributed by atoms with Gasteiger partial charge in [0.05, 0.1) is 10.9 Å². The molecule has 9 nitrogen and oxygen atoms in total. The van der Waals surface area contributed by atoms with E-state index in [1.54, 1.807) is 11.1 Å². The summed E-state index contributed by atoms with van der Waals surface area (Å²) in [7, 11) is 1.50. The fourth-order valence-corrected chi connectivity index (χ4v) is 5.60. The lowest BCUT2D eigenvalue weighted by molar-refractivity contribution is -0.138. The van der Waals surface area contributed by atoms with E-state index < -0.39 is 0 Å². The zero-order valence-corrected chi connectivity index (χ0v) is 22.5. The van der Waals surface area contributed by atoms with Crippen molar-refractivity contribution in [2.45, 2.75) is 45.1 Å². The van der Waals surface area contributed by atoms with E-state index in [1.165, 1.54) is 7.11 Å². The van der Waals surface area contributed by atoms with Crippen molar-refractivity contribution in [3.63, 3.8) is 0 Å². The summed E-state index contributed by atoms with van der Waals surface area (Å²) in [5.41, 5.74) is 1.86. The van der Waals surface area contributed by atoms with Crippen LogP contribution < -0.4 is 10.6 Å². The molecular weight excluding hydrogens is 494 g/mol. The first kappa shape index (κ1) is 27.7. The molecule has 0 saturated carbocycles. The summed E-state index contributed by atoms with van der Waals surface area (Å²) in [4.78, 5) is 35.9. The van der Waals surface area contributed by atoms with Gasteiger partial charge in [-0.05, 0) is 56.2 Å². The molecule has 2 fully saturated rings. The number of carbonyl (C=O) groups is 2. The lowest BCUT2D eigenvalue weighted by Gasteiger charge is -2.32. The zero-order chi connectivity index (χ0) is 26.2. The summed E-state index contributed by atoms with van der Waals surface area (Å²) in [5, 5.41) is 7.18. The molecule has 3 unspecified atom stereocenters. The Morgan fingerprint density at radius 2 is 2.08 bits per heavy atom. The van der Waals surface area contributed by atoms with Crippen molar-refractivity contribution >= 4 is 41.0 Å². The molecule has 3 atom stereocenters. The monoisotopic (exact) mass is 531 g/mol. The molecule has 202 valence electrons. The first-order valence-corrected chi connectivity index (χ1v) is 13.7. The second-order valence-electron chi connectivity index (χ2n) is 10.0. The van der Waals surface area contributed by atoms with E-state index in [-0.39, 0.29) is 36.3 Å². The molecule has 1 aromatic heterocycles. The van der Waals surface area contributed by atoms with E-state index in [9.17, 15) is 9.59 Å². The number of methoxy groups -OCH3 is 1. The number of nitrogens with zero attached hydrogens (tertiary/aromatic N) is 3. The summed E-state index contributed by atoms with van der Waals surface area (Å²) < 4.78 is 10.5. The Labute approximate surface area is 224 Å². The Bertz CT molecular complexity index is 1010. The normalized spacial score (nSPS) is 24.6. The first-order valence-electron chi connectivity index (χ1n) is 13.3. The number of pyridine rings is 1. The van der Waals surface area contributed by atoms with Crippen molar-refractivity contribution in [1.29, 1.82) is 0 Å². The number of amides is 2. The molecule has 1 aromatic rings. The second-order valence-corrected chi connectivity index (χ2v) is 10.4. The average molecular weight is 532 g/mol. The van der Waals surface area contributed by atoms with Crippen LogP contribution in [0.25, 0.3) is 5.57 Å². The van der Waals surface area contributed by atoms with Crippen molar-refractivity contribution in [2.75, 3.05) is 51.9 Å². The molecule has 0 radical (unpaired) electrons. The molecule has 0 spiro atoms. The molecule has 0 aromatic carbocycles. The highest BCUT2D eigenvalue weighted by molar-refractivity contribution is 6.32. The van der Waals surface area contributed by atoms with Gasteiger partial charge in [0.1, 0.15) is 12.4 Å². The molecule has 4 rings (SSSR count). The highest BCUT2D eigenvalue weighted by atomic mass is 35.5. The molecule has 0 aliphatic carbocycles. The van der Waals surface area contributed by atoms with Gasteiger partial charge in [0.15, 0.2) is 0 Å². The van der Waals surface area contributed by atoms with Gasteiger partial charge in [-0.3, -0.25) is 14.6 Å². The van der Waals surface area contributed by atoms with E-state index in [2.05, 4.69) is 27.5 Å². The SMILES string of the molecule is CCC1C(c2cc(NC(=O)C3CCCN(C(=O)COC)C3)ncc2Cl)=CN=CC1NCC1CCOCC1. The summed E-state index contributed by atoms with van der Waals surface area (Å²) in [6.45, 7) is 5.81. The number of hydrogen-bond donors (Lipinski definition) is 2. The van der Waals surface area contributed by atoms with Gasteiger partial charge in [-0.2, -0.15) is 0 Å². The van der Waals surface area contributed by atoms with Crippen molar-refractivity contribution in [3.05, 3.63) is 29.0 Å². The van der Waals surface area contributed by atoms with Crippen LogP contribution in [0.15, 0.2) is 23.5 Å². The second kappa shape index (κ2) is 13.5. The maximum absolute atomic E-state index is 13.1. The Morgan fingerprint density at radius 1 is 1.27 bits per heavy atom. The number of carbonyl (C=O) groups excluding carboxylic acids is 2. The third-order valence-corrected chi connectivity index (χ3v) is 7.85. The number of rotatable bonds is 9. The average Bonchev–Trinajstić information content (AvgIpc) is 2.93. The third kappa shape index (κ3) is 7.16. The van der Waals surface area contributed by atoms with Crippen LogP contribution in [0.4, 0.5) is 5.82 Å². The number of ether oxygens (including phenoxy) is 2. The molecule has 4 heterocycles. The number of aliphatic imine (C=N–C) groups is 1. The highest BCUT2D eigenvalue weighted by Crippen LogP contribution is 2.36. The van der Waals surface area contributed by atoms with Crippen molar-refractivity contribution in [2.24, 2.45) is 22.7 Å². The van der Waals surface area contributed by atoms with Crippen LogP contribution in [0.5, 0.6) is 0 Å². The van der Waals surface area contributed by atoms with Crippen molar-refractivity contribution < 1.29 is 19.1 Å². The fourth-order valence-electron chi connectivity index (χ4n) is 5.39. The van der Waals surface area contributed by atoms with Crippen LogP contribution in [-0.4, -0.2) is 80.5 Å². The highest BCUT2D eigenvalue weighted by Gasteiger charge is 2.30. The molecule has 3 aliphatic heterocycles. The van der Waals surface area contributed by atoms with Crippen LogP contribution in [0.1, 0.15) is 44.6 Å².